The molecule has 6 nitrogen and oxygen atoms in total. The van der Waals surface area contributed by atoms with Gasteiger partial charge < -0.3 is 5.11 Å². The Morgan fingerprint density at radius 1 is 1.17 bits per heavy atom. The summed E-state index contributed by atoms with van der Waals surface area (Å²) in [6.07, 6.45) is 7.97. The van der Waals surface area contributed by atoms with E-state index in [1.54, 1.807) is 24.7 Å². The number of carbonyl (C=O) groups is 1. The Hall–Kier alpha value is -3.32. The molecule has 0 unspecified atom stereocenters. The number of pyridine rings is 2. The van der Waals surface area contributed by atoms with Crippen molar-refractivity contribution in [2.75, 3.05) is 0 Å². The Balaban J connectivity index is 2.15. The molecule has 0 radical (unpaired) electrons. The standard InChI is InChI=1S/C22H17BrN4O2/c1-2-27-22-18(13-25-27)20(15-10-16(23)12-24-11-15)17(8-9-19(28)29)21(26-22)14-6-4-3-5-7-14/h3-13H,2H2,1H3,(H,28,29). The number of aryl methyl sites for hydroxylation is 1. The molecule has 0 bridgehead atoms. The van der Waals surface area contributed by atoms with Crippen LogP contribution in [0.4, 0.5) is 0 Å². The largest absolute Gasteiger partial charge is 0.478 e. The fourth-order valence-corrected chi connectivity index (χ4v) is 3.69. The van der Waals surface area contributed by atoms with Crippen LogP contribution in [-0.4, -0.2) is 30.8 Å². The van der Waals surface area contributed by atoms with Gasteiger partial charge in [-0.15, -0.1) is 0 Å². The number of hydrogen-bond acceptors (Lipinski definition) is 4. The van der Waals surface area contributed by atoms with Gasteiger partial charge in [0.05, 0.1) is 11.9 Å². The molecule has 4 rings (SSSR count). The zero-order valence-electron chi connectivity index (χ0n) is 15.6. The Bertz CT molecular complexity index is 1230. The van der Waals surface area contributed by atoms with Crippen molar-refractivity contribution < 1.29 is 9.90 Å². The third kappa shape index (κ3) is 3.69. The lowest BCUT2D eigenvalue weighted by atomic mass is 9.94. The second-order valence-corrected chi connectivity index (χ2v) is 7.29. The van der Waals surface area contributed by atoms with Crippen molar-refractivity contribution in [1.29, 1.82) is 0 Å². The van der Waals surface area contributed by atoms with Crippen molar-refractivity contribution in [3.05, 3.63) is 71.1 Å². The van der Waals surface area contributed by atoms with Crippen LogP contribution in [0.15, 0.2) is 65.5 Å². The van der Waals surface area contributed by atoms with E-state index in [1.807, 2.05) is 48.0 Å². The highest BCUT2D eigenvalue weighted by Crippen LogP contribution is 2.38. The van der Waals surface area contributed by atoms with E-state index in [0.29, 0.717) is 17.8 Å². The van der Waals surface area contributed by atoms with E-state index < -0.39 is 5.97 Å². The van der Waals surface area contributed by atoms with Gasteiger partial charge in [-0.05, 0) is 35.0 Å². The summed E-state index contributed by atoms with van der Waals surface area (Å²) < 4.78 is 2.67. The highest BCUT2D eigenvalue weighted by Gasteiger charge is 2.19. The van der Waals surface area contributed by atoms with Gasteiger partial charge in [0.25, 0.3) is 0 Å². The van der Waals surface area contributed by atoms with Gasteiger partial charge in [0.2, 0.25) is 0 Å². The summed E-state index contributed by atoms with van der Waals surface area (Å²) in [5.74, 6) is -1.02. The second-order valence-electron chi connectivity index (χ2n) is 6.38. The number of benzene rings is 1. The number of fused-ring (bicyclic) bond motifs is 1. The van der Waals surface area contributed by atoms with Crippen LogP contribution in [0, 0.1) is 0 Å². The third-order valence-corrected chi connectivity index (χ3v) is 4.99. The fraction of sp³-hybridized carbons (Fsp3) is 0.0909. The van der Waals surface area contributed by atoms with Crippen LogP contribution in [0.1, 0.15) is 12.5 Å². The number of carboxylic acid groups (broad SMARTS) is 1. The van der Waals surface area contributed by atoms with Gasteiger partial charge in [-0.3, -0.25) is 4.98 Å². The molecule has 0 amide bonds. The van der Waals surface area contributed by atoms with Gasteiger partial charge in [0.1, 0.15) is 0 Å². The molecule has 0 aliphatic heterocycles. The van der Waals surface area contributed by atoms with Crippen LogP contribution in [0.2, 0.25) is 0 Å². The minimum atomic E-state index is -1.02. The molecule has 0 atom stereocenters. The molecule has 1 aromatic carbocycles. The molecule has 0 saturated heterocycles. The number of carboxylic acids is 1. The average molecular weight is 449 g/mol. The minimum Gasteiger partial charge on any atom is -0.478 e. The maximum atomic E-state index is 11.3. The van der Waals surface area contributed by atoms with Crippen LogP contribution in [0.25, 0.3) is 39.5 Å². The summed E-state index contributed by atoms with van der Waals surface area (Å²) in [7, 11) is 0. The van der Waals surface area contributed by atoms with Gasteiger partial charge in [0.15, 0.2) is 5.65 Å². The Morgan fingerprint density at radius 3 is 2.66 bits per heavy atom. The molecule has 29 heavy (non-hydrogen) atoms. The predicted octanol–water partition coefficient (Wildman–Crippen LogP) is 5.04. The van der Waals surface area contributed by atoms with Crippen LogP contribution in [0.3, 0.4) is 0 Å². The molecule has 144 valence electrons. The van der Waals surface area contributed by atoms with Crippen LogP contribution >= 0.6 is 15.9 Å². The van der Waals surface area contributed by atoms with Crippen LogP contribution in [-0.2, 0) is 11.3 Å². The Morgan fingerprint density at radius 2 is 1.97 bits per heavy atom. The SMILES string of the molecule is CCn1ncc2c(-c3cncc(Br)c3)c(C=CC(=O)O)c(-c3ccccc3)nc21. The number of halogens is 1. The molecule has 0 spiro atoms. The maximum absolute atomic E-state index is 11.3. The molecule has 0 aliphatic carbocycles. The monoisotopic (exact) mass is 448 g/mol. The molecular weight excluding hydrogens is 432 g/mol. The van der Waals surface area contributed by atoms with Gasteiger partial charge in [-0.1, -0.05) is 30.3 Å². The predicted molar refractivity (Wildman–Crippen MR) is 116 cm³/mol. The highest BCUT2D eigenvalue weighted by molar-refractivity contribution is 9.10. The summed E-state index contributed by atoms with van der Waals surface area (Å²) in [6, 6.07) is 11.7. The van der Waals surface area contributed by atoms with Crippen molar-refractivity contribution in [2.45, 2.75) is 13.5 Å². The quantitative estimate of drug-likeness (QED) is 0.432. The van der Waals surface area contributed by atoms with Crippen LogP contribution < -0.4 is 0 Å². The normalized spacial score (nSPS) is 11.4. The third-order valence-electron chi connectivity index (χ3n) is 4.56. The average Bonchev–Trinajstić information content (AvgIpc) is 3.14. The fourth-order valence-electron chi connectivity index (χ4n) is 3.33. The van der Waals surface area contributed by atoms with E-state index in [-0.39, 0.29) is 0 Å². The van der Waals surface area contributed by atoms with Gasteiger partial charge in [-0.2, -0.15) is 5.10 Å². The molecule has 0 aliphatic rings. The smallest absolute Gasteiger partial charge is 0.328 e. The number of aliphatic carboxylic acids is 1. The molecule has 4 aromatic rings. The molecule has 3 aromatic heterocycles. The van der Waals surface area contributed by atoms with E-state index in [4.69, 9.17) is 4.98 Å². The van der Waals surface area contributed by atoms with E-state index in [2.05, 4.69) is 26.0 Å². The lowest BCUT2D eigenvalue weighted by Crippen LogP contribution is -2.01. The molecule has 7 heteroatoms. The molecule has 0 fully saturated rings. The van der Waals surface area contributed by atoms with E-state index >= 15 is 0 Å². The number of nitrogens with zero attached hydrogens (tertiary/aromatic N) is 4. The van der Waals surface area contributed by atoms with Gasteiger partial charge >= 0.3 is 5.97 Å². The summed E-state index contributed by atoms with van der Waals surface area (Å²) >= 11 is 3.48. The summed E-state index contributed by atoms with van der Waals surface area (Å²) in [5.41, 5.74) is 4.74. The lowest BCUT2D eigenvalue weighted by Gasteiger charge is -2.14. The Labute approximate surface area is 175 Å². The van der Waals surface area contributed by atoms with E-state index in [1.165, 1.54) is 0 Å². The first-order valence-electron chi connectivity index (χ1n) is 9.05. The number of aromatic nitrogens is 4. The first kappa shape index (κ1) is 19.0. The minimum absolute atomic E-state index is 0.672. The highest BCUT2D eigenvalue weighted by atomic mass is 79.9. The summed E-state index contributed by atoms with van der Waals surface area (Å²) in [4.78, 5) is 20.5. The molecule has 1 N–H and O–H groups in total. The lowest BCUT2D eigenvalue weighted by molar-refractivity contribution is -0.131. The maximum Gasteiger partial charge on any atom is 0.328 e. The van der Waals surface area contributed by atoms with Crippen molar-refractivity contribution in [3.8, 4) is 22.4 Å². The zero-order chi connectivity index (χ0) is 20.4. The summed E-state index contributed by atoms with van der Waals surface area (Å²) in [5, 5.41) is 14.6. The van der Waals surface area contributed by atoms with Crippen molar-refractivity contribution in [2.24, 2.45) is 0 Å². The Kier molecular flexibility index (Phi) is 5.22. The zero-order valence-corrected chi connectivity index (χ0v) is 17.2. The number of hydrogen-bond donors (Lipinski definition) is 1. The van der Waals surface area contributed by atoms with Crippen molar-refractivity contribution >= 4 is 39.0 Å². The van der Waals surface area contributed by atoms with E-state index in [0.717, 1.165) is 38.3 Å². The molecular formula is C22H17BrN4O2. The van der Waals surface area contributed by atoms with Gasteiger partial charge in [-0.25, -0.2) is 14.5 Å². The molecule has 3 heterocycles. The topological polar surface area (TPSA) is 80.9 Å². The first-order chi connectivity index (χ1) is 14.1. The van der Waals surface area contributed by atoms with E-state index in [9.17, 15) is 9.90 Å². The first-order valence-corrected chi connectivity index (χ1v) is 9.84. The summed E-state index contributed by atoms with van der Waals surface area (Å²) in [6.45, 7) is 2.68. The number of rotatable bonds is 5. The van der Waals surface area contributed by atoms with Crippen molar-refractivity contribution in [1.82, 2.24) is 19.7 Å². The van der Waals surface area contributed by atoms with Crippen molar-refractivity contribution in [3.63, 3.8) is 0 Å². The molecule has 0 saturated carbocycles. The second kappa shape index (κ2) is 7.97. The van der Waals surface area contributed by atoms with Crippen LogP contribution in [0.5, 0.6) is 0 Å². The van der Waals surface area contributed by atoms with Gasteiger partial charge in [0, 0.05) is 57.1 Å².